The molecular weight excluding hydrogens is 406 g/mol. The predicted octanol–water partition coefficient (Wildman–Crippen LogP) is 0.946. The van der Waals surface area contributed by atoms with E-state index in [9.17, 15) is 19.2 Å². The van der Waals surface area contributed by atoms with E-state index in [2.05, 4.69) is 10.6 Å². The average molecular weight is 435 g/mol. The van der Waals surface area contributed by atoms with E-state index in [1.165, 1.54) is 11.8 Å². The molecule has 1 aromatic rings. The summed E-state index contributed by atoms with van der Waals surface area (Å²) in [5.74, 6) is -1.26. The first-order valence-electron chi connectivity index (χ1n) is 10.2. The molecule has 0 spiro atoms. The zero-order valence-corrected chi connectivity index (χ0v) is 17.8. The van der Waals surface area contributed by atoms with Crippen LogP contribution in [0.1, 0.15) is 32.3 Å². The normalized spacial score (nSPS) is 16.3. The highest BCUT2D eigenvalue weighted by Gasteiger charge is 2.34. The number of hydrogen-bond acceptors (Lipinski definition) is 7. The molecule has 1 aliphatic heterocycles. The summed E-state index contributed by atoms with van der Waals surface area (Å²) in [5, 5.41) is 5.07. The van der Waals surface area contributed by atoms with Crippen molar-refractivity contribution in [3.63, 3.8) is 0 Å². The number of carbonyl (C=O) groups excluding carboxylic acids is 4. The molecular formula is C21H29N3O7. The lowest BCUT2D eigenvalue weighted by Crippen LogP contribution is -2.50. The van der Waals surface area contributed by atoms with Crippen LogP contribution in [0.3, 0.4) is 0 Å². The van der Waals surface area contributed by atoms with Gasteiger partial charge in [-0.15, -0.1) is 0 Å². The molecule has 10 heteroatoms. The Morgan fingerprint density at radius 3 is 2.58 bits per heavy atom. The Kier molecular flexibility index (Phi) is 9.76. The van der Waals surface area contributed by atoms with Crippen LogP contribution in [0.4, 0.5) is 4.79 Å². The molecule has 2 N–H and O–H groups in total. The van der Waals surface area contributed by atoms with Gasteiger partial charge in [-0.3, -0.25) is 14.4 Å². The van der Waals surface area contributed by atoms with Gasteiger partial charge in [-0.05, 0) is 25.3 Å². The largest absolute Gasteiger partial charge is 0.445 e. The summed E-state index contributed by atoms with van der Waals surface area (Å²) < 4.78 is 15.3. The van der Waals surface area contributed by atoms with Crippen molar-refractivity contribution < 1.29 is 33.4 Å². The average Bonchev–Trinajstić information content (AvgIpc) is 3.25. The Bertz CT molecular complexity index is 757. The summed E-state index contributed by atoms with van der Waals surface area (Å²) in [6.07, 6.45) is -0.430. The summed E-state index contributed by atoms with van der Waals surface area (Å²) in [7, 11) is 0. The molecule has 2 rings (SSSR count). The van der Waals surface area contributed by atoms with Crippen LogP contribution in [0, 0.1) is 0 Å². The highest BCUT2D eigenvalue weighted by molar-refractivity contribution is 5.90. The number of alkyl carbamates (subject to hydrolysis) is 1. The third-order valence-electron chi connectivity index (χ3n) is 4.57. The third-order valence-corrected chi connectivity index (χ3v) is 4.57. The van der Waals surface area contributed by atoms with Crippen molar-refractivity contribution in [2.24, 2.45) is 0 Å². The number of ether oxygens (including phenoxy) is 3. The minimum Gasteiger partial charge on any atom is -0.445 e. The first kappa shape index (κ1) is 24.1. The Morgan fingerprint density at radius 1 is 1.16 bits per heavy atom. The van der Waals surface area contributed by atoms with E-state index in [1.54, 1.807) is 6.92 Å². The van der Waals surface area contributed by atoms with Gasteiger partial charge in [-0.1, -0.05) is 30.3 Å². The van der Waals surface area contributed by atoms with Crippen LogP contribution >= 0.6 is 0 Å². The van der Waals surface area contributed by atoms with E-state index in [0.717, 1.165) is 5.56 Å². The minimum atomic E-state index is -0.891. The Balaban J connectivity index is 1.77. The number of carbonyl (C=O) groups is 4. The minimum absolute atomic E-state index is 0.0190. The number of nitrogens with zero attached hydrogens (tertiary/aromatic N) is 1. The van der Waals surface area contributed by atoms with Crippen LogP contribution in [0.2, 0.25) is 0 Å². The van der Waals surface area contributed by atoms with Gasteiger partial charge < -0.3 is 29.7 Å². The second-order valence-electron chi connectivity index (χ2n) is 6.90. The number of likely N-dealkylation sites (tertiary alicyclic amines) is 1. The van der Waals surface area contributed by atoms with Gasteiger partial charge in [0.15, 0.2) is 0 Å². The monoisotopic (exact) mass is 435 g/mol. The molecule has 0 saturated carbocycles. The fourth-order valence-electron chi connectivity index (χ4n) is 3.17. The third kappa shape index (κ3) is 8.25. The van der Waals surface area contributed by atoms with Crippen LogP contribution in [0.25, 0.3) is 0 Å². The van der Waals surface area contributed by atoms with E-state index in [4.69, 9.17) is 14.2 Å². The van der Waals surface area contributed by atoms with Crippen molar-refractivity contribution in [2.75, 3.05) is 26.2 Å². The highest BCUT2D eigenvalue weighted by Crippen LogP contribution is 2.17. The van der Waals surface area contributed by atoms with E-state index in [0.29, 0.717) is 26.0 Å². The van der Waals surface area contributed by atoms with Gasteiger partial charge in [0.1, 0.15) is 19.2 Å². The summed E-state index contributed by atoms with van der Waals surface area (Å²) in [5.41, 5.74) is 0.833. The van der Waals surface area contributed by atoms with Crippen molar-refractivity contribution in [1.82, 2.24) is 15.5 Å². The molecule has 1 fully saturated rings. The zero-order chi connectivity index (χ0) is 22.6. The first-order valence-corrected chi connectivity index (χ1v) is 10.2. The van der Waals surface area contributed by atoms with E-state index < -0.39 is 24.4 Å². The molecule has 2 atom stereocenters. The van der Waals surface area contributed by atoms with E-state index in [1.807, 2.05) is 30.3 Å². The molecule has 0 bridgehead atoms. The highest BCUT2D eigenvalue weighted by atomic mass is 16.7. The first-order chi connectivity index (χ1) is 14.9. The lowest BCUT2D eigenvalue weighted by molar-refractivity contribution is -0.175. The van der Waals surface area contributed by atoms with Gasteiger partial charge in [-0.25, -0.2) is 4.79 Å². The quantitative estimate of drug-likeness (QED) is 0.414. The standard InChI is InChI=1S/C21H29N3O7/c1-3-29-19(31-15(2)25)13-22-20(27)17-10-7-11-24(17)18(26)12-23-21(28)30-14-16-8-5-4-6-9-16/h4-6,8-9,17,19H,3,7,10-14H2,1-2H3,(H,22,27)(H,23,28)/t17-,19+/m0/s1. The molecule has 0 radical (unpaired) electrons. The fourth-order valence-corrected chi connectivity index (χ4v) is 3.17. The Morgan fingerprint density at radius 2 is 1.90 bits per heavy atom. The molecule has 31 heavy (non-hydrogen) atoms. The van der Waals surface area contributed by atoms with Gasteiger partial charge >= 0.3 is 12.1 Å². The maximum Gasteiger partial charge on any atom is 0.407 e. The summed E-state index contributed by atoms with van der Waals surface area (Å²) in [6, 6.07) is 8.52. The van der Waals surface area contributed by atoms with Crippen molar-refractivity contribution >= 4 is 23.9 Å². The van der Waals surface area contributed by atoms with Gasteiger partial charge in [0.2, 0.25) is 18.1 Å². The number of hydrogen-bond donors (Lipinski definition) is 2. The zero-order valence-electron chi connectivity index (χ0n) is 17.8. The number of nitrogens with one attached hydrogen (secondary N) is 2. The lowest BCUT2D eigenvalue weighted by atomic mass is 10.2. The lowest BCUT2D eigenvalue weighted by Gasteiger charge is -2.25. The maximum absolute atomic E-state index is 12.5. The van der Waals surface area contributed by atoms with Gasteiger partial charge in [0.05, 0.1) is 6.54 Å². The second kappa shape index (κ2) is 12.5. The van der Waals surface area contributed by atoms with Gasteiger partial charge in [0.25, 0.3) is 0 Å². The van der Waals surface area contributed by atoms with Crippen molar-refractivity contribution in [3.05, 3.63) is 35.9 Å². The van der Waals surface area contributed by atoms with Crippen molar-refractivity contribution in [3.8, 4) is 0 Å². The summed E-state index contributed by atoms with van der Waals surface area (Å²) in [6.45, 7) is 3.53. The van der Waals surface area contributed by atoms with Gasteiger partial charge in [0, 0.05) is 20.1 Å². The molecule has 170 valence electrons. The SMILES string of the molecule is CCO[C@@H](CNC(=O)[C@@H]1CCCN1C(=O)CNC(=O)OCc1ccccc1)OC(C)=O. The predicted molar refractivity (Wildman–Crippen MR) is 110 cm³/mol. The molecule has 0 aromatic heterocycles. The van der Waals surface area contributed by atoms with Crippen LogP contribution in [-0.2, 0) is 35.2 Å². The van der Waals surface area contributed by atoms with Crippen LogP contribution in [0.5, 0.6) is 0 Å². The van der Waals surface area contributed by atoms with Crippen LogP contribution in [-0.4, -0.2) is 67.3 Å². The molecule has 0 unspecified atom stereocenters. The molecule has 3 amide bonds. The van der Waals surface area contributed by atoms with E-state index in [-0.39, 0.29) is 31.5 Å². The topological polar surface area (TPSA) is 123 Å². The van der Waals surface area contributed by atoms with Crippen molar-refractivity contribution in [2.45, 2.75) is 45.6 Å². The second-order valence-corrected chi connectivity index (χ2v) is 6.90. The number of amides is 3. The number of esters is 1. The Labute approximate surface area is 181 Å². The maximum atomic E-state index is 12.5. The summed E-state index contributed by atoms with van der Waals surface area (Å²) in [4.78, 5) is 49.4. The van der Waals surface area contributed by atoms with E-state index >= 15 is 0 Å². The van der Waals surface area contributed by atoms with Crippen LogP contribution < -0.4 is 10.6 Å². The number of benzene rings is 1. The molecule has 1 saturated heterocycles. The smallest absolute Gasteiger partial charge is 0.407 e. The molecule has 1 aliphatic rings. The van der Waals surface area contributed by atoms with Crippen LogP contribution in [0.15, 0.2) is 30.3 Å². The molecule has 10 nitrogen and oxygen atoms in total. The van der Waals surface area contributed by atoms with Gasteiger partial charge in [-0.2, -0.15) is 0 Å². The van der Waals surface area contributed by atoms with Crippen molar-refractivity contribution in [1.29, 1.82) is 0 Å². The summed E-state index contributed by atoms with van der Waals surface area (Å²) >= 11 is 0. The Hall–Kier alpha value is -3.14. The molecule has 1 heterocycles. The molecule has 1 aromatic carbocycles. The molecule has 0 aliphatic carbocycles. The number of rotatable bonds is 10. The fraction of sp³-hybridized carbons (Fsp3) is 0.524.